The van der Waals surface area contributed by atoms with E-state index in [1.165, 1.54) is 6.07 Å². The molecule has 1 aliphatic rings. The molecular formula is C17H22N4O2. The van der Waals surface area contributed by atoms with Crippen LogP contribution < -0.4 is 5.56 Å². The first-order valence-electron chi connectivity index (χ1n) is 8.08. The minimum absolute atomic E-state index is 0.0659. The number of likely N-dealkylation sites (tertiary alicyclic amines) is 1. The van der Waals surface area contributed by atoms with Gasteiger partial charge >= 0.3 is 0 Å². The monoisotopic (exact) mass is 314 g/mol. The fourth-order valence-corrected chi connectivity index (χ4v) is 3.11. The van der Waals surface area contributed by atoms with E-state index < -0.39 is 0 Å². The van der Waals surface area contributed by atoms with Gasteiger partial charge in [0.1, 0.15) is 0 Å². The van der Waals surface area contributed by atoms with E-state index in [1.807, 2.05) is 17.9 Å². The van der Waals surface area contributed by atoms with Crippen LogP contribution in [0.2, 0.25) is 0 Å². The van der Waals surface area contributed by atoms with E-state index in [9.17, 15) is 9.59 Å². The molecular weight excluding hydrogens is 292 g/mol. The first kappa shape index (κ1) is 15.5. The SMILES string of the molecule is Cc1cc([C@H]2CCCN(C(=O)CCn3ccccc3=O)C2)n[nH]1. The predicted octanol–water partition coefficient (Wildman–Crippen LogP) is 1.68. The maximum absolute atomic E-state index is 12.4. The highest BCUT2D eigenvalue weighted by molar-refractivity contribution is 5.76. The summed E-state index contributed by atoms with van der Waals surface area (Å²) in [4.78, 5) is 26.0. The molecule has 6 heteroatoms. The lowest BCUT2D eigenvalue weighted by atomic mass is 9.94. The number of H-pyrrole nitrogens is 1. The summed E-state index contributed by atoms with van der Waals surface area (Å²) < 4.78 is 1.58. The molecule has 1 saturated heterocycles. The Balaban J connectivity index is 1.59. The van der Waals surface area contributed by atoms with Gasteiger partial charge in [0.2, 0.25) is 5.91 Å². The van der Waals surface area contributed by atoms with Crippen LogP contribution in [-0.2, 0) is 11.3 Å². The van der Waals surface area contributed by atoms with Crippen molar-refractivity contribution in [3.8, 4) is 0 Å². The van der Waals surface area contributed by atoms with E-state index >= 15 is 0 Å². The van der Waals surface area contributed by atoms with E-state index in [0.29, 0.717) is 25.4 Å². The van der Waals surface area contributed by atoms with Crippen molar-refractivity contribution in [2.24, 2.45) is 0 Å². The number of nitrogens with zero attached hydrogens (tertiary/aromatic N) is 3. The fourth-order valence-electron chi connectivity index (χ4n) is 3.11. The number of carbonyl (C=O) groups excluding carboxylic acids is 1. The summed E-state index contributed by atoms with van der Waals surface area (Å²) in [5, 5.41) is 7.30. The summed E-state index contributed by atoms with van der Waals surface area (Å²) in [5.74, 6) is 0.412. The molecule has 0 saturated carbocycles. The number of aromatic amines is 1. The molecule has 0 spiro atoms. The van der Waals surface area contributed by atoms with Gasteiger partial charge < -0.3 is 9.47 Å². The lowest BCUT2D eigenvalue weighted by Gasteiger charge is -2.32. The molecule has 23 heavy (non-hydrogen) atoms. The van der Waals surface area contributed by atoms with E-state index in [1.54, 1.807) is 16.8 Å². The van der Waals surface area contributed by atoms with E-state index in [2.05, 4.69) is 16.3 Å². The number of carbonyl (C=O) groups is 1. The van der Waals surface area contributed by atoms with Crippen LogP contribution >= 0.6 is 0 Å². The van der Waals surface area contributed by atoms with Crippen molar-refractivity contribution in [1.29, 1.82) is 0 Å². The third-order valence-electron chi connectivity index (χ3n) is 4.38. The summed E-state index contributed by atoms with van der Waals surface area (Å²) in [6.45, 7) is 3.93. The molecule has 6 nitrogen and oxygen atoms in total. The van der Waals surface area contributed by atoms with Crippen LogP contribution in [0.4, 0.5) is 0 Å². The first-order valence-corrected chi connectivity index (χ1v) is 8.08. The molecule has 2 aromatic heterocycles. The van der Waals surface area contributed by atoms with Crippen molar-refractivity contribution in [2.75, 3.05) is 13.1 Å². The number of nitrogens with one attached hydrogen (secondary N) is 1. The fraction of sp³-hybridized carbons (Fsp3) is 0.471. The summed E-state index contributed by atoms with van der Waals surface area (Å²) in [6, 6.07) is 7.09. The zero-order valence-corrected chi connectivity index (χ0v) is 13.4. The Bertz CT molecular complexity index is 734. The van der Waals surface area contributed by atoms with Crippen LogP contribution in [0.25, 0.3) is 0 Å². The number of rotatable bonds is 4. The van der Waals surface area contributed by atoms with Gasteiger partial charge in [0, 0.05) is 49.9 Å². The normalized spacial score (nSPS) is 18.1. The molecule has 2 aromatic rings. The van der Waals surface area contributed by atoms with Gasteiger partial charge in [0.25, 0.3) is 5.56 Å². The maximum Gasteiger partial charge on any atom is 0.250 e. The van der Waals surface area contributed by atoms with Gasteiger partial charge in [-0.05, 0) is 31.9 Å². The summed E-state index contributed by atoms with van der Waals surface area (Å²) in [6.07, 6.45) is 4.14. The second-order valence-corrected chi connectivity index (χ2v) is 6.14. The molecule has 1 N–H and O–H groups in total. The van der Waals surface area contributed by atoms with Gasteiger partial charge in [-0.3, -0.25) is 14.7 Å². The topological polar surface area (TPSA) is 71.0 Å². The van der Waals surface area contributed by atoms with Crippen LogP contribution in [0, 0.1) is 6.92 Å². The van der Waals surface area contributed by atoms with Crippen molar-refractivity contribution in [3.05, 3.63) is 52.2 Å². The molecule has 3 rings (SSSR count). The van der Waals surface area contributed by atoms with E-state index in [0.717, 1.165) is 30.8 Å². The molecule has 122 valence electrons. The van der Waals surface area contributed by atoms with Crippen molar-refractivity contribution < 1.29 is 4.79 Å². The Morgan fingerprint density at radius 2 is 2.30 bits per heavy atom. The van der Waals surface area contributed by atoms with Gasteiger partial charge in [-0.2, -0.15) is 5.10 Å². The van der Waals surface area contributed by atoms with Crippen LogP contribution in [-0.4, -0.2) is 38.7 Å². The predicted molar refractivity (Wildman–Crippen MR) is 87.2 cm³/mol. The number of pyridine rings is 1. The molecule has 0 aliphatic carbocycles. The Hall–Kier alpha value is -2.37. The zero-order valence-electron chi connectivity index (χ0n) is 13.4. The highest BCUT2D eigenvalue weighted by atomic mass is 16.2. The van der Waals surface area contributed by atoms with Gasteiger partial charge in [0.05, 0.1) is 5.69 Å². The van der Waals surface area contributed by atoms with Crippen LogP contribution in [0.3, 0.4) is 0 Å². The highest BCUT2D eigenvalue weighted by Gasteiger charge is 2.25. The molecule has 1 atom stereocenters. The number of piperidine rings is 1. The van der Waals surface area contributed by atoms with Gasteiger partial charge in [-0.1, -0.05) is 6.07 Å². The van der Waals surface area contributed by atoms with Gasteiger partial charge in [0.15, 0.2) is 0 Å². The second-order valence-electron chi connectivity index (χ2n) is 6.14. The van der Waals surface area contributed by atoms with Crippen molar-refractivity contribution in [1.82, 2.24) is 19.7 Å². The van der Waals surface area contributed by atoms with Crippen molar-refractivity contribution in [3.63, 3.8) is 0 Å². The third kappa shape index (κ3) is 3.70. The Kier molecular flexibility index (Phi) is 4.60. The Morgan fingerprint density at radius 1 is 1.43 bits per heavy atom. The third-order valence-corrected chi connectivity index (χ3v) is 4.38. The van der Waals surface area contributed by atoms with Gasteiger partial charge in [-0.15, -0.1) is 0 Å². The standard InChI is InChI=1S/C17H22N4O2/c1-13-11-15(19-18-13)14-5-4-9-21(12-14)17(23)7-10-20-8-3-2-6-16(20)22/h2-3,6,8,11,14H,4-5,7,9-10,12H2,1H3,(H,18,19)/t14-/m0/s1. The summed E-state index contributed by atoms with van der Waals surface area (Å²) >= 11 is 0. The number of aryl methyl sites for hydroxylation is 2. The molecule has 0 bridgehead atoms. The average molecular weight is 314 g/mol. The molecule has 0 unspecified atom stereocenters. The first-order chi connectivity index (χ1) is 11.1. The molecule has 1 amide bonds. The lowest BCUT2D eigenvalue weighted by molar-refractivity contribution is -0.132. The molecule has 0 radical (unpaired) electrons. The van der Waals surface area contributed by atoms with Crippen molar-refractivity contribution >= 4 is 5.91 Å². The van der Waals surface area contributed by atoms with Crippen LogP contribution in [0.5, 0.6) is 0 Å². The molecule has 1 aliphatic heterocycles. The summed E-state index contributed by atoms with van der Waals surface area (Å²) in [7, 11) is 0. The minimum Gasteiger partial charge on any atom is -0.342 e. The Labute approximate surface area is 135 Å². The number of hydrogen-bond acceptors (Lipinski definition) is 3. The molecule has 3 heterocycles. The highest BCUT2D eigenvalue weighted by Crippen LogP contribution is 2.26. The smallest absolute Gasteiger partial charge is 0.250 e. The van der Waals surface area contributed by atoms with Crippen LogP contribution in [0.15, 0.2) is 35.3 Å². The molecule has 1 fully saturated rings. The maximum atomic E-state index is 12.4. The lowest BCUT2D eigenvalue weighted by Crippen LogP contribution is -2.39. The largest absolute Gasteiger partial charge is 0.342 e. The Morgan fingerprint density at radius 3 is 3.04 bits per heavy atom. The number of hydrogen-bond donors (Lipinski definition) is 1. The van der Waals surface area contributed by atoms with E-state index in [-0.39, 0.29) is 11.5 Å². The van der Waals surface area contributed by atoms with Gasteiger partial charge in [-0.25, -0.2) is 0 Å². The quantitative estimate of drug-likeness (QED) is 0.933. The van der Waals surface area contributed by atoms with Crippen molar-refractivity contribution in [2.45, 2.75) is 38.6 Å². The van der Waals surface area contributed by atoms with Crippen LogP contribution in [0.1, 0.15) is 36.6 Å². The minimum atomic E-state index is -0.0659. The number of aromatic nitrogens is 3. The van der Waals surface area contributed by atoms with E-state index in [4.69, 9.17) is 0 Å². The summed E-state index contributed by atoms with van der Waals surface area (Å²) in [5.41, 5.74) is 2.02. The second kappa shape index (κ2) is 6.81. The average Bonchev–Trinajstić information content (AvgIpc) is 3.00. The number of amides is 1. The zero-order chi connectivity index (χ0) is 16.2. The molecule has 0 aromatic carbocycles.